The summed E-state index contributed by atoms with van der Waals surface area (Å²) in [6.45, 7) is 7.68. The Balaban J connectivity index is 2.36. The van der Waals surface area contributed by atoms with Gasteiger partial charge in [-0.1, -0.05) is 19.8 Å². The number of hydrogen-bond acceptors (Lipinski definition) is 3. The van der Waals surface area contributed by atoms with Gasteiger partial charge in [0.1, 0.15) is 11.9 Å². The van der Waals surface area contributed by atoms with Crippen molar-refractivity contribution in [2.45, 2.75) is 52.6 Å². The van der Waals surface area contributed by atoms with Gasteiger partial charge in [0.15, 0.2) is 0 Å². The van der Waals surface area contributed by atoms with Gasteiger partial charge in [0.25, 0.3) is 0 Å². The highest BCUT2D eigenvalue weighted by Gasteiger charge is 2.33. The molecule has 1 fully saturated rings. The van der Waals surface area contributed by atoms with Gasteiger partial charge in [0.2, 0.25) is 0 Å². The van der Waals surface area contributed by atoms with Gasteiger partial charge in [0.05, 0.1) is 0 Å². The van der Waals surface area contributed by atoms with Crippen molar-refractivity contribution >= 4 is 12.4 Å². The Hall–Kier alpha value is -1.06. The molecule has 0 aromatic carbocycles. The van der Waals surface area contributed by atoms with E-state index in [0.29, 0.717) is 12.5 Å². The van der Waals surface area contributed by atoms with E-state index in [1.165, 1.54) is 12.8 Å². The van der Waals surface area contributed by atoms with Gasteiger partial charge in [0, 0.05) is 12.0 Å². The van der Waals surface area contributed by atoms with Crippen LogP contribution in [0.3, 0.4) is 0 Å². The molecule has 1 saturated carbocycles. The van der Waals surface area contributed by atoms with Crippen molar-refractivity contribution in [2.24, 2.45) is 11.3 Å². The van der Waals surface area contributed by atoms with E-state index in [4.69, 9.17) is 4.74 Å². The maximum Gasteiger partial charge on any atom is 0.407 e. The number of ether oxygens (including phenoxy) is 1. The van der Waals surface area contributed by atoms with Crippen molar-refractivity contribution in [1.29, 1.82) is 0 Å². The summed E-state index contributed by atoms with van der Waals surface area (Å²) in [4.78, 5) is 22.6. The van der Waals surface area contributed by atoms with Crippen molar-refractivity contribution in [3.63, 3.8) is 0 Å². The van der Waals surface area contributed by atoms with Crippen molar-refractivity contribution in [2.75, 3.05) is 6.54 Å². The van der Waals surface area contributed by atoms with E-state index in [1.54, 1.807) is 0 Å². The lowest BCUT2D eigenvalue weighted by Crippen LogP contribution is -2.40. The molecule has 0 spiro atoms. The molecule has 1 N–H and O–H groups in total. The lowest BCUT2D eigenvalue weighted by molar-refractivity contribution is -0.115. The van der Waals surface area contributed by atoms with Crippen LogP contribution in [0.25, 0.3) is 0 Å². The molecule has 0 aromatic heterocycles. The van der Waals surface area contributed by atoms with Gasteiger partial charge >= 0.3 is 6.09 Å². The van der Waals surface area contributed by atoms with Crippen molar-refractivity contribution in [3.8, 4) is 0 Å². The first-order chi connectivity index (χ1) is 7.74. The summed E-state index contributed by atoms with van der Waals surface area (Å²) in [5.74, 6) is 0.658. The van der Waals surface area contributed by atoms with Gasteiger partial charge in [-0.05, 0) is 33.1 Å². The number of aldehydes is 1. The Morgan fingerprint density at radius 3 is 2.35 bits per heavy atom. The summed E-state index contributed by atoms with van der Waals surface area (Å²) in [6.07, 6.45) is 3.75. The van der Waals surface area contributed by atoms with Crippen LogP contribution in [0.5, 0.6) is 0 Å². The molecule has 98 valence electrons. The molecule has 0 heterocycles. The molecule has 0 aromatic rings. The predicted molar refractivity (Wildman–Crippen MR) is 65.7 cm³/mol. The number of nitrogens with one attached hydrogen (secondary N) is 1. The fraction of sp³-hybridized carbons (Fsp3) is 0.846. The number of amides is 1. The van der Waals surface area contributed by atoms with Crippen molar-refractivity contribution in [3.05, 3.63) is 0 Å². The molecule has 1 aliphatic carbocycles. The van der Waals surface area contributed by atoms with Crippen LogP contribution in [-0.4, -0.2) is 24.5 Å². The van der Waals surface area contributed by atoms with Crippen LogP contribution >= 0.6 is 0 Å². The third-order valence-corrected chi connectivity index (χ3v) is 2.77. The van der Waals surface area contributed by atoms with Crippen LogP contribution < -0.4 is 5.32 Å². The molecule has 0 saturated heterocycles. The molecule has 0 aliphatic heterocycles. The van der Waals surface area contributed by atoms with Gasteiger partial charge < -0.3 is 14.8 Å². The number of carbonyl (C=O) groups is 2. The molecular weight excluding hydrogens is 218 g/mol. The number of hydrogen-bond donors (Lipinski definition) is 1. The van der Waals surface area contributed by atoms with Gasteiger partial charge in [-0.15, -0.1) is 0 Å². The van der Waals surface area contributed by atoms with Crippen LogP contribution in [0, 0.1) is 11.3 Å². The van der Waals surface area contributed by atoms with Gasteiger partial charge in [-0.3, -0.25) is 0 Å². The predicted octanol–water partition coefficient (Wildman–Crippen LogP) is 2.52. The highest BCUT2D eigenvalue weighted by molar-refractivity contribution is 5.69. The Morgan fingerprint density at radius 2 is 1.94 bits per heavy atom. The quantitative estimate of drug-likeness (QED) is 0.752. The Morgan fingerprint density at radius 1 is 1.35 bits per heavy atom. The first kappa shape index (κ1) is 14.0. The van der Waals surface area contributed by atoms with Crippen LogP contribution in [-0.2, 0) is 9.53 Å². The molecule has 17 heavy (non-hydrogen) atoms. The van der Waals surface area contributed by atoms with E-state index < -0.39 is 17.1 Å². The maximum absolute atomic E-state index is 11.5. The standard InChI is InChI=1S/C13H23NO3/c1-12(2,3)17-11(16)14-8-13(4,9-15)7-10-5-6-10/h9-10H,5-8H2,1-4H3,(H,14,16). The summed E-state index contributed by atoms with van der Waals surface area (Å²) in [5.41, 5.74) is -0.962. The zero-order valence-electron chi connectivity index (χ0n) is 11.2. The molecule has 4 heteroatoms. The smallest absolute Gasteiger partial charge is 0.407 e. The van der Waals surface area contributed by atoms with E-state index in [-0.39, 0.29) is 0 Å². The SMILES string of the molecule is CC(C=O)(CNC(=O)OC(C)(C)C)CC1CC1. The molecule has 0 bridgehead atoms. The molecule has 0 radical (unpaired) electrons. The average molecular weight is 241 g/mol. The van der Waals surface area contributed by atoms with E-state index in [2.05, 4.69) is 5.32 Å². The number of alkyl carbamates (subject to hydrolysis) is 1. The Labute approximate surface area is 103 Å². The maximum atomic E-state index is 11.5. The van der Waals surface area contributed by atoms with E-state index >= 15 is 0 Å². The van der Waals surface area contributed by atoms with E-state index in [0.717, 1.165) is 12.7 Å². The summed E-state index contributed by atoms with van der Waals surface area (Å²) in [6, 6.07) is 0. The third kappa shape index (κ3) is 5.71. The minimum absolute atomic E-state index is 0.349. The minimum atomic E-state index is -0.502. The van der Waals surface area contributed by atoms with Crippen LogP contribution in [0.1, 0.15) is 47.0 Å². The van der Waals surface area contributed by atoms with Crippen LogP contribution in [0.15, 0.2) is 0 Å². The monoisotopic (exact) mass is 241 g/mol. The molecular formula is C13H23NO3. The zero-order chi connectivity index (χ0) is 13.1. The normalized spacial score (nSPS) is 19.3. The fourth-order valence-corrected chi connectivity index (χ4v) is 1.73. The van der Waals surface area contributed by atoms with Crippen LogP contribution in [0.4, 0.5) is 4.79 Å². The molecule has 1 rings (SSSR count). The molecule has 4 nitrogen and oxygen atoms in total. The molecule has 1 aliphatic rings. The van der Waals surface area contributed by atoms with Crippen LogP contribution in [0.2, 0.25) is 0 Å². The zero-order valence-corrected chi connectivity index (χ0v) is 11.2. The van der Waals surface area contributed by atoms with Crippen molar-refractivity contribution < 1.29 is 14.3 Å². The second kappa shape index (κ2) is 5.07. The molecule has 1 amide bonds. The lowest BCUT2D eigenvalue weighted by Gasteiger charge is -2.25. The topological polar surface area (TPSA) is 55.4 Å². The first-order valence-electron chi connectivity index (χ1n) is 6.17. The Kier molecular flexibility index (Phi) is 4.17. The largest absolute Gasteiger partial charge is 0.444 e. The fourth-order valence-electron chi connectivity index (χ4n) is 1.73. The summed E-state index contributed by atoms with van der Waals surface area (Å²) in [5, 5.41) is 2.67. The van der Waals surface area contributed by atoms with Gasteiger partial charge in [-0.25, -0.2) is 4.79 Å². The van der Waals surface area contributed by atoms with Crippen molar-refractivity contribution in [1.82, 2.24) is 5.32 Å². The average Bonchev–Trinajstić information content (AvgIpc) is 2.96. The summed E-state index contributed by atoms with van der Waals surface area (Å²) < 4.78 is 5.13. The number of carbonyl (C=O) groups excluding carboxylic acids is 2. The molecule has 1 unspecified atom stereocenters. The summed E-state index contributed by atoms with van der Waals surface area (Å²) in [7, 11) is 0. The minimum Gasteiger partial charge on any atom is -0.444 e. The highest BCUT2D eigenvalue weighted by atomic mass is 16.6. The van der Waals surface area contributed by atoms with E-state index in [1.807, 2.05) is 27.7 Å². The van der Waals surface area contributed by atoms with E-state index in [9.17, 15) is 9.59 Å². The Bertz CT molecular complexity index is 292. The highest BCUT2D eigenvalue weighted by Crippen LogP contribution is 2.39. The third-order valence-electron chi connectivity index (χ3n) is 2.77. The molecule has 1 atom stereocenters. The van der Waals surface area contributed by atoms with Gasteiger partial charge in [-0.2, -0.15) is 0 Å². The second-order valence-corrected chi connectivity index (χ2v) is 6.27. The lowest BCUT2D eigenvalue weighted by atomic mass is 9.86. The summed E-state index contributed by atoms with van der Waals surface area (Å²) >= 11 is 0. The number of rotatable bonds is 5. The second-order valence-electron chi connectivity index (χ2n) is 6.27. The first-order valence-corrected chi connectivity index (χ1v) is 6.17.